The molecule has 0 bridgehead atoms. The van der Waals surface area contributed by atoms with E-state index in [1.54, 1.807) is 43.4 Å². The lowest BCUT2D eigenvalue weighted by Gasteiger charge is -2.39. The zero-order valence-corrected chi connectivity index (χ0v) is 25.0. The number of halogens is 5. The molecule has 0 amide bonds. The normalized spacial score (nSPS) is 13.6. The molecule has 0 saturated carbocycles. The summed E-state index contributed by atoms with van der Waals surface area (Å²) in [6.07, 6.45) is -2.53. The third-order valence-corrected chi connectivity index (χ3v) is 11.9. The molecule has 4 rings (SSSR count). The van der Waals surface area contributed by atoms with Gasteiger partial charge in [0.15, 0.2) is 26.1 Å². The Morgan fingerprint density at radius 3 is 2.33 bits per heavy atom. The van der Waals surface area contributed by atoms with Crippen LogP contribution >= 0.6 is 23.2 Å². The fourth-order valence-electron chi connectivity index (χ4n) is 3.58. The van der Waals surface area contributed by atoms with E-state index in [9.17, 15) is 18.0 Å². The maximum atomic E-state index is 14.3. The summed E-state index contributed by atoms with van der Waals surface area (Å²) in [5, 5.41) is 9.04. The molecular weight excluding hydrogens is 586 g/mol. The summed E-state index contributed by atoms with van der Waals surface area (Å²) < 4.78 is 52.0. The van der Waals surface area contributed by atoms with Gasteiger partial charge in [-0.05, 0) is 48.5 Å². The lowest BCUT2D eigenvalue weighted by atomic mass is 10.2. The van der Waals surface area contributed by atoms with Crippen molar-refractivity contribution < 1.29 is 17.6 Å². The summed E-state index contributed by atoms with van der Waals surface area (Å²) in [4.78, 5) is 21.7. The molecule has 1 aromatic carbocycles. The topological polar surface area (TPSA) is 92.7 Å². The Bertz CT molecular complexity index is 1540. The Labute approximate surface area is 239 Å². The van der Waals surface area contributed by atoms with Gasteiger partial charge in [-0.25, -0.2) is 19.1 Å². The lowest BCUT2D eigenvalue weighted by Crippen LogP contribution is -2.50. The lowest BCUT2D eigenvalue weighted by molar-refractivity contribution is -0.202. The van der Waals surface area contributed by atoms with E-state index in [2.05, 4.69) is 20.2 Å². The molecule has 0 aliphatic rings. The molecule has 0 radical (unpaired) electrons. The van der Waals surface area contributed by atoms with Gasteiger partial charge in [0.05, 0.1) is 17.8 Å². The molecule has 0 fully saturated rings. The van der Waals surface area contributed by atoms with Crippen LogP contribution in [0.2, 0.25) is 28.2 Å². The summed E-state index contributed by atoms with van der Waals surface area (Å²) in [5.41, 5.74) is 0.112. The van der Waals surface area contributed by atoms with Gasteiger partial charge in [-0.1, -0.05) is 44.0 Å². The second kappa shape index (κ2) is 11.1. The number of rotatable bonds is 8. The standard InChI is InChI=1S/C25H28Cl2F3N7O2Si/c1-24(2,3)40(4,5)39-20(25(28,29)30)13-35-22(16-6-8-17(26)9-7-16)34-36(23(35)38)14-21-32-15-37(33-21)19-12-31-11-10-18(19)27/h6-12,15,20H,13-14H2,1-5H3. The molecule has 0 aliphatic carbocycles. The van der Waals surface area contributed by atoms with Crippen LogP contribution in [-0.4, -0.2) is 54.7 Å². The van der Waals surface area contributed by atoms with Crippen LogP contribution in [0.25, 0.3) is 17.1 Å². The van der Waals surface area contributed by atoms with Crippen molar-refractivity contribution in [3.05, 3.63) is 75.4 Å². The minimum atomic E-state index is -4.72. The molecule has 15 heteroatoms. The molecule has 3 heterocycles. The van der Waals surface area contributed by atoms with Crippen molar-refractivity contribution in [2.45, 2.75) is 64.3 Å². The molecular formula is C25H28Cl2F3N7O2Si. The molecule has 0 N–H and O–H groups in total. The Hall–Kier alpha value is -3.00. The van der Waals surface area contributed by atoms with Crippen molar-refractivity contribution in [2.75, 3.05) is 0 Å². The van der Waals surface area contributed by atoms with Gasteiger partial charge in [0, 0.05) is 16.8 Å². The number of benzene rings is 1. The SMILES string of the molecule is CC(C)(C)[Si](C)(C)OC(Cn1c(-c2ccc(Cl)cc2)nn(Cc2ncn(-c3cnccc3Cl)n2)c1=O)C(F)(F)F. The fraction of sp³-hybridized carbons (Fsp3) is 0.400. The smallest absolute Gasteiger partial charge is 0.404 e. The summed E-state index contributed by atoms with van der Waals surface area (Å²) >= 11 is 12.2. The predicted octanol–water partition coefficient (Wildman–Crippen LogP) is 6.00. The van der Waals surface area contributed by atoms with Gasteiger partial charge >= 0.3 is 11.9 Å². The molecule has 0 aliphatic heterocycles. The van der Waals surface area contributed by atoms with E-state index >= 15 is 0 Å². The average Bonchev–Trinajstić information content (AvgIpc) is 3.43. The monoisotopic (exact) mass is 613 g/mol. The molecule has 0 saturated heterocycles. The van der Waals surface area contributed by atoms with Gasteiger partial charge in [-0.3, -0.25) is 9.55 Å². The Morgan fingerprint density at radius 2 is 1.73 bits per heavy atom. The van der Waals surface area contributed by atoms with Crippen LogP contribution in [0.4, 0.5) is 13.2 Å². The zero-order valence-electron chi connectivity index (χ0n) is 22.4. The maximum Gasteiger partial charge on any atom is 0.415 e. The molecule has 1 atom stereocenters. The number of hydrogen-bond acceptors (Lipinski definition) is 6. The first-order valence-corrected chi connectivity index (χ1v) is 15.9. The van der Waals surface area contributed by atoms with Crippen molar-refractivity contribution in [1.29, 1.82) is 0 Å². The van der Waals surface area contributed by atoms with Gasteiger partial charge in [0.25, 0.3) is 0 Å². The second-order valence-electron chi connectivity index (χ2n) is 10.7. The van der Waals surface area contributed by atoms with Crippen LogP contribution in [-0.2, 0) is 17.5 Å². The summed E-state index contributed by atoms with van der Waals surface area (Å²) in [5.74, 6) is 0.226. The molecule has 3 aromatic heterocycles. The Balaban J connectivity index is 1.74. The maximum absolute atomic E-state index is 14.3. The van der Waals surface area contributed by atoms with E-state index in [-0.39, 0.29) is 18.2 Å². The van der Waals surface area contributed by atoms with Crippen LogP contribution in [0, 0.1) is 0 Å². The van der Waals surface area contributed by atoms with E-state index in [0.29, 0.717) is 21.3 Å². The van der Waals surface area contributed by atoms with Crippen LogP contribution < -0.4 is 5.69 Å². The number of hydrogen-bond donors (Lipinski definition) is 0. The number of nitrogens with zero attached hydrogens (tertiary/aromatic N) is 7. The average molecular weight is 615 g/mol. The molecule has 0 spiro atoms. The van der Waals surface area contributed by atoms with E-state index in [0.717, 1.165) is 9.25 Å². The highest BCUT2D eigenvalue weighted by molar-refractivity contribution is 6.74. The minimum Gasteiger partial charge on any atom is -0.404 e. The second-order valence-corrected chi connectivity index (χ2v) is 16.3. The van der Waals surface area contributed by atoms with Gasteiger partial charge in [-0.15, -0.1) is 10.2 Å². The highest BCUT2D eigenvalue weighted by atomic mass is 35.5. The third kappa shape index (κ3) is 6.48. The number of aromatic nitrogens is 7. The van der Waals surface area contributed by atoms with Crippen molar-refractivity contribution in [3.63, 3.8) is 0 Å². The van der Waals surface area contributed by atoms with Crippen LogP contribution in [0.3, 0.4) is 0 Å². The first-order chi connectivity index (χ1) is 18.6. The zero-order chi connectivity index (χ0) is 29.5. The molecule has 4 aromatic rings. The van der Waals surface area contributed by atoms with Crippen LogP contribution in [0.5, 0.6) is 0 Å². The largest absolute Gasteiger partial charge is 0.415 e. The first-order valence-electron chi connectivity index (χ1n) is 12.3. The van der Waals surface area contributed by atoms with Gasteiger partial charge in [-0.2, -0.15) is 13.2 Å². The van der Waals surface area contributed by atoms with Crippen molar-refractivity contribution in [3.8, 4) is 17.1 Å². The Morgan fingerprint density at radius 1 is 1.05 bits per heavy atom. The van der Waals surface area contributed by atoms with Crippen molar-refractivity contribution in [2.24, 2.45) is 0 Å². The van der Waals surface area contributed by atoms with E-state index in [1.807, 2.05) is 20.8 Å². The van der Waals surface area contributed by atoms with Crippen molar-refractivity contribution in [1.82, 2.24) is 34.1 Å². The molecule has 9 nitrogen and oxygen atoms in total. The van der Waals surface area contributed by atoms with Crippen molar-refractivity contribution >= 4 is 31.5 Å². The summed E-state index contributed by atoms with van der Waals surface area (Å²) in [6.45, 7) is 8.03. The summed E-state index contributed by atoms with van der Waals surface area (Å²) in [7, 11) is -2.86. The highest BCUT2D eigenvalue weighted by Gasteiger charge is 2.48. The van der Waals surface area contributed by atoms with Gasteiger partial charge in [0.2, 0.25) is 0 Å². The number of alkyl halides is 3. The quantitative estimate of drug-likeness (QED) is 0.226. The Kier molecular flexibility index (Phi) is 8.32. The first kappa shape index (κ1) is 30.0. The van der Waals surface area contributed by atoms with E-state index in [1.165, 1.54) is 23.4 Å². The predicted molar refractivity (Wildman–Crippen MR) is 148 cm³/mol. The number of pyridine rings is 1. The minimum absolute atomic E-state index is 0.0319. The van der Waals surface area contributed by atoms with E-state index in [4.69, 9.17) is 27.6 Å². The van der Waals surface area contributed by atoms with Crippen LogP contribution in [0.15, 0.2) is 53.8 Å². The van der Waals surface area contributed by atoms with Crippen LogP contribution in [0.1, 0.15) is 26.6 Å². The highest BCUT2D eigenvalue weighted by Crippen LogP contribution is 2.40. The summed E-state index contributed by atoms with van der Waals surface area (Å²) in [6, 6.07) is 7.89. The van der Waals surface area contributed by atoms with Gasteiger partial charge in [0.1, 0.15) is 18.6 Å². The van der Waals surface area contributed by atoms with Gasteiger partial charge < -0.3 is 4.43 Å². The van der Waals surface area contributed by atoms with E-state index < -0.39 is 37.9 Å². The fourth-order valence-corrected chi connectivity index (χ4v) is 5.18. The molecule has 1 unspecified atom stereocenters. The molecule has 40 heavy (non-hydrogen) atoms. The third-order valence-electron chi connectivity index (χ3n) is 6.81. The molecule has 214 valence electrons.